The second kappa shape index (κ2) is 6.59. The summed E-state index contributed by atoms with van der Waals surface area (Å²) in [6.45, 7) is 4.50. The summed E-state index contributed by atoms with van der Waals surface area (Å²) in [7, 11) is 2.13. The zero-order valence-corrected chi connectivity index (χ0v) is 9.74. The molecule has 0 aliphatic heterocycles. The molecule has 1 N–H and O–H groups in total. The molecular weight excluding hydrogens is 186 g/mol. The fraction of sp³-hybridized carbons (Fsp3) is 0.538. The van der Waals surface area contributed by atoms with Crippen LogP contribution < -0.4 is 0 Å². The van der Waals surface area contributed by atoms with E-state index in [1.165, 1.54) is 11.1 Å². The Kier molecular flexibility index (Phi) is 5.37. The number of nitrogens with zero attached hydrogens (tertiary/aromatic N) is 1. The molecule has 2 nitrogen and oxygen atoms in total. The van der Waals surface area contributed by atoms with Crippen molar-refractivity contribution in [2.75, 3.05) is 20.2 Å². The summed E-state index contributed by atoms with van der Waals surface area (Å²) >= 11 is 0. The minimum atomic E-state index is 0.304. The average molecular weight is 207 g/mol. The molecule has 0 aliphatic carbocycles. The van der Waals surface area contributed by atoms with Gasteiger partial charge in [-0.1, -0.05) is 24.3 Å². The van der Waals surface area contributed by atoms with Crippen LogP contribution in [-0.4, -0.2) is 30.2 Å². The van der Waals surface area contributed by atoms with Crippen molar-refractivity contribution in [2.45, 2.75) is 26.3 Å². The summed E-state index contributed by atoms with van der Waals surface area (Å²) in [5.74, 6) is 0. The average Bonchev–Trinajstić information content (AvgIpc) is 2.22. The van der Waals surface area contributed by atoms with Crippen molar-refractivity contribution >= 4 is 0 Å². The summed E-state index contributed by atoms with van der Waals surface area (Å²) in [6, 6.07) is 8.49. The van der Waals surface area contributed by atoms with Gasteiger partial charge in [0.2, 0.25) is 0 Å². The Bertz CT molecular complexity index is 286. The van der Waals surface area contributed by atoms with Gasteiger partial charge in [-0.25, -0.2) is 0 Å². The van der Waals surface area contributed by atoms with E-state index in [4.69, 9.17) is 5.11 Å². The van der Waals surface area contributed by atoms with Gasteiger partial charge in [-0.3, -0.25) is 0 Å². The monoisotopic (exact) mass is 207 g/mol. The topological polar surface area (TPSA) is 23.5 Å². The lowest BCUT2D eigenvalue weighted by atomic mass is 10.1. The molecule has 2 heteroatoms. The number of hydrogen-bond acceptors (Lipinski definition) is 2. The molecule has 84 valence electrons. The zero-order valence-electron chi connectivity index (χ0n) is 9.74. The van der Waals surface area contributed by atoms with Crippen LogP contribution in [0.3, 0.4) is 0 Å². The van der Waals surface area contributed by atoms with Gasteiger partial charge in [0.15, 0.2) is 0 Å². The molecular formula is C13H21NO. The Labute approximate surface area is 92.5 Å². The summed E-state index contributed by atoms with van der Waals surface area (Å²) < 4.78 is 0. The maximum atomic E-state index is 8.69. The fourth-order valence-electron chi connectivity index (χ4n) is 1.65. The first-order valence-electron chi connectivity index (χ1n) is 5.58. The van der Waals surface area contributed by atoms with E-state index in [1.54, 1.807) is 0 Å². The van der Waals surface area contributed by atoms with Crippen molar-refractivity contribution in [1.29, 1.82) is 0 Å². The molecule has 0 saturated carbocycles. The third-order valence-electron chi connectivity index (χ3n) is 2.65. The van der Waals surface area contributed by atoms with Gasteiger partial charge < -0.3 is 10.0 Å². The summed E-state index contributed by atoms with van der Waals surface area (Å²) in [6.07, 6.45) is 1.97. The Morgan fingerprint density at radius 1 is 1.20 bits per heavy atom. The van der Waals surface area contributed by atoms with Crippen LogP contribution in [0.25, 0.3) is 0 Å². The molecule has 0 radical (unpaired) electrons. The van der Waals surface area contributed by atoms with E-state index in [1.807, 2.05) is 0 Å². The molecule has 0 amide bonds. The molecule has 0 aromatic heterocycles. The van der Waals surface area contributed by atoms with Crippen molar-refractivity contribution < 1.29 is 5.11 Å². The fourth-order valence-corrected chi connectivity index (χ4v) is 1.65. The van der Waals surface area contributed by atoms with Gasteiger partial charge in [-0.2, -0.15) is 0 Å². The van der Waals surface area contributed by atoms with E-state index < -0.39 is 0 Å². The van der Waals surface area contributed by atoms with E-state index in [2.05, 4.69) is 43.1 Å². The molecule has 0 bridgehead atoms. The van der Waals surface area contributed by atoms with Crippen LogP contribution >= 0.6 is 0 Å². The number of aliphatic hydroxyl groups is 1. The van der Waals surface area contributed by atoms with Gasteiger partial charge in [-0.05, 0) is 44.5 Å². The molecule has 0 heterocycles. The van der Waals surface area contributed by atoms with Crippen molar-refractivity contribution in [3.8, 4) is 0 Å². The third kappa shape index (κ3) is 4.45. The van der Waals surface area contributed by atoms with E-state index in [0.717, 1.165) is 25.9 Å². The predicted molar refractivity (Wildman–Crippen MR) is 63.8 cm³/mol. The Morgan fingerprint density at radius 2 is 1.93 bits per heavy atom. The van der Waals surface area contributed by atoms with Crippen LogP contribution in [0.15, 0.2) is 24.3 Å². The first-order chi connectivity index (χ1) is 7.24. The normalized spacial score (nSPS) is 10.9. The van der Waals surface area contributed by atoms with Crippen LogP contribution in [0, 0.1) is 6.92 Å². The highest BCUT2D eigenvalue weighted by atomic mass is 16.2. The van der Waals surface area contributed by atoms with Gasteiger partial charge >= 0.3 is 0 Å². The molecule has 0 unspecified atom stereocenters. The maximum absolute atomic E-state index is 8.69. The molecule has 1 rings (SSSR count). The van der Waals surface area contributed by atoms with Crippen molar-refractivity contribution in [3.05, 3.63) is 35.4 Å². The van der Waals surface area contributed by atoms with Crippen LogP contribution in [-0.2, 0) is 6.54 Å². The third-order valence-corrected chi connectivity index (χ3v) is 2.65. The molecule has 0 spiro atoms. The first-order valence-corrected chi connectivity index (χ1v) is 5.58. The minimum absolute atomic E-state index is 0.304. The zero-order chi connectivity index (χ0) is 11.1. The van der Waals surface area contributed by atoms with E-state index in [-0.39, 0.29) is 0 Å². The molecule has 0 fully saturated rings. The molecule has 0 atom stereocenters. The van der Waals surface area contributed by atoms with Crippen LogP contribution in [0.5, 0.6) is 0 Å². The summed E-state index contributed by atoms with van der Waals surface area (Å²) in [5, 5.41) is 8.69. The predicted octanol–water partition coefficient (Wildman–Crippen LogP) is 2.20. The summed E-state index contributed by atoms with van der Waals surface area (Å²) in [4.78, 5) is 2.30. The molecule has 0 aliphatic rings. The van der Waals surface area contributed by atoms with Crippen molar-refractivity contribution in [1.82, 2.24) is 4.90 Å². The number of unbranched alkanes of at least 4 members (excludes halogenated alkanes) is 1. The molecule has 0 saturated heterocycles. The highest BCUT2D eigenvalue weighted by Crippen LogP contribution is 2.09. The number of aliphatic hydroxyl groups excluding tert-OH is 1. The molecule has 1 aromatic rings. The van der Waals surface area contributed by atoms with Gasteiger partial charge in [0, 0.05) is 13.2 Å². The minimum Gasteiger partial charge on any atom is -0.396 e. The standard InChI is InChI=1S/C13H21NO/c1-12-7-3-4-8-13(12)11-14(2)9-5-6-10-15/h3-4,7-8,15H,5-6,9-11H2,1-2H3. The van der Waals surface area contributed by atoms with Crippen LogP contribution in [0.2, 0.25) is 0 Å². The Morgan fingerprint density at radius 3 is 2.60 bits per heavy atom. The molecule has 15 heavy (non-hydrogen) atoms. The van der Waals surface area contributed by atoms with Gasteiger partial charge in [0.1, 0.15) is 0 Å². The number of aryl methyl sites for hydroxylation is 1. The lowest BCUT2D eigenvalue weighted by Crippen LogP contribution is -2.19. The van der Waals surface area contributed by atoms with Crippen molar-refractivity contribution in [3.63, 3.8) is 0 Å². The quantitative estimate of drug-likeness (QED) is 0.723. The highest BCUT2D eigenvalue weighted by molar-refractivity contribution is 5.25. The van der Waals surface area contributed by atoms with Crippen molar-refractivity contribution in [2.24, 2.45) is 0 Å². The van der Waals surface area contributed by atoms with Gasteiger partial charge in [0.05, 0.1) is 0 Å². The van der Waals surface area contributed by atoms with Gasteiger partial charge in [-0.15, -0.1) is 0 Å². The lowest BCUT2D eigenvalue weighted by Gasteiger charge is -2.17. The van der Waals surface area contributed by atoms with E-state index in [9.17, 15) is 0 Å². The SMILES string of the molecule is Cc1ccccc1CN(C)CCCCO. The van der Waals surface area contributed by atoms with E-state index >= 15 is 0 Å². The first kappa shape index (κ1) is 12.2. The smallest absolute Gasteiger partial charge is 0.0431 e. The largest absolute Gasteiger partial charge is 0.396 e. The Balaban J connectivity index is 2.37. The summed E-state index contributed by atoms with van der Waals surface area (Å²) in [5.41, 5.74) is 2.75. The maximum Gasteiger partial charge on any atom is 0.0431 e. The second-order valence-electron chi connectivity index (χ2n) is 4.09. The van der Waals surface area contributed by atoms with E-state index in [0.29, 0.717) is 6.61 Å². The second-order valence-corrected chi connectivity index (χ2v) is 4.09. The Hall–Kier alpha value is -0.860. The van der Waals surface area contributed by atoms with Gasteiger partial charge in [0.25, 0.3) is 0 Å². The highest BCUT2D eigenvalue weighted by Gasteiger charge is 2.01. The van der Waals surface area contributed by atoms with Crippen LogP contribution in [0.4, 0.5) is 0 Å². The number of hydrogen-bond donors (Lipinski definition) is 1. The number of rotatable bonds is 6. The lowest BCUT2D eigenvalue weighted by molar-refractivity contribution is 0.261. The molecule has 1 aromatic carbocycles. The van der Waals surface area contributed by atoms with Crippen LogP contribution in [0.1, 0.15) is 24.0 Å². The number of benzene rings is 1.